The van der Waals surface area contributed by atoms with E-state index >= 15 is 0 Å². The highest BCUT2D eigenvalue weighted by atomic mass is 15.0. The number of aryl methyl sites for hydroxylation is 3. The molecule has 2 atom stereocenters. The summed E-state index contributed by atoms with van der Waals surface area (Å²) in [7, 11) is 0. The van der Waals surface area contributed by atoms with Gasteiger partial charge < -0.3 is 5.32 Å². The molecule has 2 unspecified atom stereocenters. The monoisotopic (exact) mass is 259 g/mol. The summed E-state index contributed by atoms with van der Waals surface area (Å²) < 4.78 is 0. The third-order valence-corrected chi connectivity index (χ3v) is 4.80. The molecule has 106 valence electrons. The van der Waals surface area contributed by atoms with Crippen molar-refractivity contribution in [2.24, 2.45) is 5.41 Å². The van der Waals surface area contributed by atoms with Gasteiger partial charge in [0.1, 0.15) is 0 Å². The van der Waals surface area contributed by atoms with Crippen molar-refractivity contribution in [2.75, 3.05) is 0 Å². The largest absolute Gasteiger partial charge is 0.307 e. The Bertz CT molecular complexity index is 459. The molecule has 0 amide bonds. The molecule has 1 fully saturated rings. The molecule has 0 spiro atoms. The van der Waals surface area contributed by atoms with Crippen LogP contribution < -0.4 is 5.32 Å². The lowest BCUT2D eigenvalue weighted by Crippen LogP contribution is -2.30. The van der Waals surface area contributed by atoms with Crippen molar-refractivity contribution in [2.45, 2.75) is 72.9 Å². The molecule has 1 aromatic carbocycles. The van der Waals surface area contributed by atoms with Crippen LogP contribution in [0.2, 0.25) is 0 Å². The molecule has 0 radical (unpaired) electrons. The highest BCUT2D eigenvalue weighted by Gasteiger charge is 2.31. The normalized spacial score (nSPS) is 23.6. The van der Waals surface area contributed by atoms with Gasteiger partial charge in [0, 0.05) is 12.1 Å². The summed E-state index contributed by atoms with van der Waals surface area (Å²) in [5, 5.41) is 3.84. The van der Waals surface area contributed by atoms with E-state index in [1.54, 1.807) is 0 Å². The molecule has 2 rings (SSSR count). The zero-order valence-corrected chi connectivity index (χ0v) is 13.4. The molecule has 1 nitrogen and oxygen atoms in total. The van der Waals surface area contributed by atoms with E-state index in [4.69, 9.17) is 0 Å². The van der Waals surface area contributed by atoms with Crippen molar-refractivity contribution in [3.8, 4) is 0 Å². The Morgan fingerprint density at radius 3 is 2.32 bits per heavy atom. The highest BCUT2D eigenvalue weighted by Crippen LogP contribution is 2.38. The van der Waals surface area contributed by atoms with Crippen LogP contribution >= 0.6 is 0 Å². The Balaban J connectivity index is 2.08. The summed E-state index contributed by atoms with van der Waals surface area (Å²) in [5.41, 5.74) is 6.21. The van der Waals surface area contributed by atoms with Gasteiger partial charge in [0.25, 0.3) is 0 Å². The quantitative estimate of drug-likeness (QED) is 0.819. The molecule has 1 aromatic rings. The first-order valence-corrected chi connectivity index (χ1v) is 7.62. The van der Waals surface area contributed by atoms with Crippen molar-refractivity contribution in [1.82, 2.24) is 5.32 Å². The van der Waals surface area contributed by atoms with Crippen LogP contribution in [0, 0.1) is 26.2 Å². The van der Waals surface area contributed by atoms with Crippen LogP contribution in [0.3, 0.4) is 0 Å². The van der Waals surface area contributed by atoms with E-state index in [9.17, 15) is 0 Å². The van der Waals surface area contributed by atoms with Crippen LogP contribution in [0.4, 0.5) is 0 Å². The summed E-state index contributed by atoms with van der Waals surface area (Å²) in [5.74, 6) is 0. The van der Waals surface area contributed by atoms with Crippen molar-refractivity contribution >= 4 is 0 Å². The van der Waals surface area contributed by atoms with Crippen LogP contribution in [0.1, 0.15) is 68.3 Å². The number of benzene rings is 1. The molecule has 0 aromatic heterocycles. The van der Waals surface area contributed by atoms with E-state index in [0.29, 0.717) is 17.5 Å². The number of nitrogens with one attached hydrogen (secondary N) is 1. The van der Waals surface area contributed by atoms with E-state index in [-0.39, 0.29) is 0 Å². The number of rotatable bonds is 3. The van der Waals surface area contributed by atoms with Gasteiger partial charge in [0.05, 0.1) is 0 Å². The molecule has 0 saturated heterocycles. The molecule has 0 aliphatic heterocycles. The molecule has 1 saturated carbocycles. The SMILES string of the molecule is Cc1cc(C)c(C(C)NC2CCC(C)(C)C2)cc1C. The second-order valence-electron chi connectivity index (χ2n) is 7.29. The van der Waals surface area contributed by atoms with Crippen LogP contribution in [0.5, 0.6) is 0 Å². The lowest BCUT2D eigenvalue weighted by molar-refractivity contribution is 0.356. The predicted molar refractivity (Wildman–Crippen MR) is 83.6 cm³/mol. The molecule has 1 N–H and O–H groups in total. The van der Waals surface area contributed by atoms with Gasteiger partial charge >= 0.3 is 0 Å². The van der Waals surface area contributed by atoms with Crippen LogP contribution in [0.15, 0.2) is 12.1 Å². The van der Waals surface area contributed by atoms with Gasteiger partial charge in [0.2, 0.25) is 0 Å². The molecule has 1 aliphatic rings. The summed E-state index contributed by atoms with van der Waals surface area (Å²) in [6, 6.07) is 5.83. The van der Waals surface area contributed by atoms with Gasteiger partial charge in [-0.15, -0.1) is 0 Å². The highest BCUT2D eigenvalue weighted by molar-refractivity contribution is 5.38. The van der Waals surface area contributed by atoms with E-state index in [1.807, 2.05) is 0 Å². The fourth-order valence-electron chi connectivity index (χ4n) is 3.47. The van der Waals surface area contributed by atoms with Crippen LogP contribution in [0.25, 0.3) is 0 Å². The maximum Gasteiger partial charge on any atom is 0.0297 e. The lowest BCUT2D eigenvalue weighted by Gasteiger charge is -2.24. The summed E-state index contributed by atoms with van der Waals surface area (Å²) in [4.78, 5) is 0. The van der Waals surface area contributed by atoms with Gasteiger partial charge in [-0.2, -0.15) is 0 Å². The molecule has 1 aliphatic carbocycles. The predicted octanol–water partition coefficient (Wildman–Crippen LogP) is 4.84. The van der Waals surface area contributed by atoms with Crippen LogP contribution in [-0.2, 0) is 0 Å². The van der Waals surface area contributed by atoms with Gasteiger partial charge in [-0.3, -0.25) is 0 Å². The number of hydrogen-bond donors (Lipinski definition) is 1. The van der Waals surface area contributed by atoms with E-state index in [2.05, 4.69) is 59.0 Å². The van der Waals surface area contributed by atoms with E-state index in [1.165, 1.54) is 41.5 Å². The first kappa shape index (κ1) is 14.6. The topological polar surface area (TPSA) is 12.0 Å². The molecule has 1 heteroatoms. The smallest absolute Gasteiger partial charge is 0.0297 e. The minimum Gasteiger partial charge on any atom is -0.307 e. The maximum absolute atomic E-state index is 3.84. The second kappa shape index (κ2) is 5.28. The summed E-state index contributed by atoms with van der Waals surface area (Å²) >= 11 is 0. The Morgan fingerprint density at radius 2 is 1.74 bits per heavy atom. The Labute approximate surface area is 118 Å². The summed E-state index contributed by atoms with van der Waals surface area (Å²) in [6.45, 7) is 13.7. The van der Waals surface area contributed by atoms with E-state index < -0.39 is 0 Å². The second-order valence-corrected chi connectivity index (χ2v) is 7.29. The van der Waals surface area contributed by atoms with Crippen LogP contribution in [-0.4, -0.2) is 6.04 Å². The molecular weight excluding hydrogens is 230 g/mol. The van der Waals surface area contributed by atoms with Gasteiger partial charge in [-0.05, 0) is 74.6 Å². The van der Waals surface area contributed by atoms with Crippen molar-refractivity contribution in [1.29, 1.82) is 0 Å². The fraction of sp³-hybridized carbons (Fsp3) is 0.667. The zero-order chi connectivity index (χ0) is 14.2. The number of hydrogen-bond acceptors (Lipinski definition) is 1. The van der Waals surface area contributed by atoms with Crippen molar-refractivity contribution in [3.63, 3.8) is 0 Å². The first-order valence-electron chi connectivity index (χ1n) is 7.62. The third-order valence-electron chi connectivity index (χ3n) is 4.80. The van der Waals surface area contributed by atoms with Crippen molar-refractivity contribution in [3.05, 3.63) is 34.4 Å². The van der Waals surface area contributed by atoms with Gasteiger partial charge in [-0.1, -0.05) is 26.0 Å². The molecule has 0 bridgehead atoms. The Kier molecular flexibility index (Phi) is 4.06. The molecule has 0 heterocycles. The van der Waals surface area contributed by atoms with Gasteiger partial charge in [0.15, 0.2) is 0 Å². The lowest BCUT2D eigenvalue weighted by atomic mass is 9.91. The minimum atomic E-state index is 0.457. The van der Waals surface area contributed by atoms with E-state index in [0.717, 1.165) is 0 Å². The first-order chi connectivity index (χ1) is 8.78. The molecule has 19 heavy (non-hydrogen) atoms. The maximum atomic E-state index is 3.84. The average molecular weight is 259 g/mol. The Morgan fingerprint density at radius 1 is 1.11 bits per heavy atom. The minimum absolute atomic E-state index is 0.457. The van der Waals surface area contributed by atoms with Gasteiger partial charge in [-0.25, -0.2) is 0 Å². The zero-order valence-electron chi connectivity index (χ0n) is 13.4. The summed E-state index contributed by atoms with van der Waals surface area (Å²) in [6.07, 6.45) is 3.98. The van der Waals surface area contributed by atoms with Crippen molar-refractivity contribution < 1.29 is 0 Å². The Hall–Kier alpha value is -0.820. The third kappa shape index (κ3) is 3.39. The fourth-order valence-corrected chi connectivity index (χ4v) is 3.47. The standard InChI is InChI=1S/C18H29N/c1-12-9-14(3)17(10-13(12)2)15(4)19-16-7-8-18(5,6)11-16/h9-10,15-16,19H,7-8,11H2,1-6H3. The average Bonchev–Trinajstić information content (AvgIpc) is 2.63. The molecular formula is C18H29N.